The molecule has 0 unspecified atom stereocenters. The zero-order valence-corrected chi connectivity index (χ0v) is 11.0. The fourth-order valence-corrected chi connectivity index (χ4v) is 2.96. The van der Waals surface area contributed by atoms with Crippen LogP contribution in [0.15, 0.2) is 24.3 Å². The first-order valence-corrected chi connectivity index (χ1v) is 6.81. The number of alkyl halides is 2. The number of amides is 1. The van der Waals surface area contributed by atoms with Crippen molar-refractivity contribution >= 4 is 23.6 Å². The second-order valence-corrected chi connectivity index (χ2v) is 5.03. The molecule has 20 heavy (non-hydrogen) atoms. The highest BCUT2D eigenvalue weighted by Gasteiger charge is 2.35. The summed E-state index contributed by atoms with van der Waals surface area (Å²) in [6.45, 7) is -2.98. The van der Waals surface area contributed by atoms with E-state index in [1.165, 1.54) is 40.9 Å². The molecule has 108 valence electrons. The average molecular weight is 303 g/mol. The van der Waals surface area contributed by atoms with E-state index < -0.39 is 24.5 Å². The van der Waals surface area contributed by atoms with Crippen LogP contribution in [0.2, 0.25) is 0 Å². The smallest absolute Gasteiger partial charge is 0.387 e. The quantitative estimate of drug-likeness (QED) is 0.920. The molecule has 1 aliphatic rings. The predicted octanol–water partition coefficient (Wildman–Crippen LogP) is 1.89. The molecule has 0 bridgehead atoms. The maximum atomic E-state index is 12.2. The van der Waals surface area contributed by atoms with Gasteiger partial charge in [0, 0.05) is 11.3 Å². The number of aliphatic carboxylic acids is 1. The predicted molar refractivity (Wildman–Crippen MR) is 68.0 cm³/mol. The van der Waals surface area contributed by atoms with Gasteiger partial charge in [-0.2, -0.15) is 8.78 Å². The molecule has 1 fully saturated rings. The van der Waals surface area contributed by atoms with E-state index in [0.29, 0.717) is 5.75 Å². The van der Waals surface area contributed by atoms with Gasteiger partial charge in [-0.15, -0.1) is 11.8 Å². The van der Waals surface area contributed by atoms with Gasteiger partial charge in [-0.25, -0.2) is 4.79 Å². The summed E-state index contributed by atoms with van der Waals surface area (Å²) in [5.41, 5.74) is 0.122. The van der Waals surface area contributed by atoms with Gasteiger partial charge in [-0.05, 0) is 18.2 Å². The van der Waals surface area contributed by atoms with E-state index in [4.69, 9.17) is 5.11 Å². The van der Waals surface area contributed by atoms with Crippen molar-refractivity contribution in [3.05, 3.63) is 29.8 Å². The number of halogens is 2. The van der Waals surface area contributed by atoms with E-state index in [1.54, 1.807) is 0 Å². The van der Waals surface area contributed by atoms with Crippen LogP contribution in [0.3, 0.4) is 0 Å². The first kappa shape index (κ1) is 14.6. The Labute approximate surface area is 117 Å². The van der Waals surface area contributed by atoms with Crippen LogP contribution in [-0.4, -0.2) is 46.2 Å². The Bertz CT molecular complexity index is 526. The molecule has 5 nitrogen and oxygen atoms in total. The molecule has 1 atom stereocenters. The SMILES string of the molecule is O=C(O)[C@@H]1CSCN1C(=O)c1cccc(OC(F)F)c1. The van der Waals surface area contributed by atoms with Crippen LogP contribution in [0, 0.1) is 0 Å². The molecule has 1 heterocycles. The van der Waals surface area contributed by atoms with E-state index in [0.717, 1.165) is 0 Å². The number of carbonyl (C=O) groups is 2. The Kier molecular flexibility index (Phi) is 4.43. The minimum absolute atomic E-state index is 0.122. The van der Waals surface area contributed by atoms with E-state index in [2.05, 4.69) is 4.74 Å². The van der Waals surface area contributed by atoms with Crippen LogP contribution in [0.4, 0.5) is 8.78 Å². The maximum absolute atomic E-state index is 12.2. The molecular formula is C12H11F2NO4S. The topological polar surface area (TPSA) is 66.8 Å². The summed E-state index contributed by atoms with van der Waals surface area (Å²) in [4.78, 5) is 24.4. The number of hydrogen-bond acceptors (Lipinski definition) is 4. The molecule has 1 aromatic rings. The van der Waals surface area contributed by atoms with Crippen LogP contribution >= 0.6 is 11.8 Å². The van der Waals surface area contributed by atoms with Crippen molar-refractivity contribution in [3.8, 4) is 5.75 Å². The van der Waals surface area contributed by atoms with E-state index >= 15 is 0 Å². The monoisotopic (exact) mass is 303 g/mol. The lowest BCUT2D eigenvalue weighted by Gasteiger charge is -2.20. The molecule has 2 rings (SSSR count). The first-order chi connectivity index (χ1) is 9.49. The van der Waals surface area contributed by atoms with E-state index in [1.807, 2.05) is 0 Å². The third-order valence-electron chi connectivity index (χ3n) is 2.73. The van der Waals surface area contributed by atoms with Gasteiger partial charge >= 0.3 is 12.6 Å². The van der Waals surface area contributed by atoms with Crippen molar-refractivity contribution in [3.63, 3.8) is 0 Å². The molecule has 1 N–H and O–H groups in total. The molecule has 0 saturated carbocycles. The second-order valence-electron chi connectivity index (χ2n) is 4.04. The zero-order valence-electron chi connectivity index (χ0n) is 10.2. The van der Waals surface area contributed by atoms with E-state index in [-0.39, 0.29) is 17.2 Å². The number of thioether (sulfide) groups is 1. The third-order valence-corrected chi connectivity index (χ3v) is 3.75. The number of carboxylic acid groups (broad SMARTS) is 1. The van der Waals surface area contributed by atoms with Gasteiger partial charge in [0.05, 0.1) is 5.88 Å². The van der Waals surface area contributed by atoms with Crippen molar-refractivity contribution in [2.75, 3.05) is 11.6 Å². The largest absolute Gasteiger partial charge is 0.480 e. The fraction of sp³-hybridized carbons (Fsp3) is 0.333. The van der Waals surface area contributed by atoms with Crippen LogP contribution < -0.4 is 4.74 Å². The van der Waals surface area contributed by atoms with Gasteiger partial charge in [0.2, 0.25) is 0 Å². The molecule has 0 aromatic heterocycles. The molecule has 1 aliphatic heterocycles. The Morgan fingerprint density at radius 3 is 2.85 bits per heavy atom. The molecule has 0 spiro atoms. The minimum Gasteiger partial charge on any atom is -0.480 e. The van der Waals surface area contributed by atoms with Crippen molar-refractivity contribution in [2.24, 2.45) is 0 Å². The fourth-order valence-electron chi connectivity index (χ4n) is 1.82. The lowest BCUT2D eigenvalue weighted by atomic mass is 10.1. The highest BCUT2D eigenvalue weighted by atomic mass is 32.2. The van der Waals surface area contributed by atoms with Crippen molar-refractivity contribution in [1.29, 1.82) is 0 Å². The molecule has 8 heteroatoms. The van der Waals surface area contributed by atoms with Crippen LogP contribution in [0.1, 0.15) is 10.4 Å². The van der Waals surface area contributed by atoms with Crippen LogP contribution in [-0.2, 0) is 4.79 Å². The summed E-state index contributed by atoms with van der Waals surface area (Å²) in [5.74, 6) is -1.15. The number of rotatable bonds is 4. The van der Waals surface area contributed by atoms with Gasteiger partial charge in [0.25, 0.3) is 5.91 Å². The van der Waals surface area contributed by atoms with Gasteiger partial charge in [0.1, 0.15) is 11.8 Å². The summed E-state index contributed by atoms with van der Waals surface area (Å²) in [6.07, 6.45) is 0. The first-order valence-electron chi connectivity index (χ1n) is 5.65. The minimum atomic E-state index is -2.98. The summed E-state index contributed by atoms with van der Waals surface area (Å²) in [6, 6.07) is 4.42. The average Bonchev–Trinajstić information content (AvgIpc) is 2.86. The highest BCUT2D eigenvalue weighted by molar-refractivity contribution is 7.99. The molecule has 1 saturated heterocycles. The second kappa shape index (κ2) is 6.08. The van der Waals surface area contributed by atoms with Crippen molar-refractivity contribution in [2.45, 2.75) is 12.7 Å². The summed E-state index contributed by atoms with van der Waals surface area (Å²) >= 11 is 1.33. The van der Waals surface area contributed by atoms with Crippen molar-refractivity contribution < 1.29 is 28.2 Å². The lowest BCUT2D eigenvalue weighted by Crippen LogP contribution is -2.41. The number of benzene rings is 1. The molecule has 0 radical (unpaired) electrons. The summed E-state index contributed by atoms with van der Waals surface area (Å²) in [7, 11) is 0. The molecule has 1 amide bonds. The molecule has 1 aromatic carbocycles. The van der Waals surface area contributed by atoms with Gasteiger partial charge in [0.15, 0.2) is 0 Å². The van der Waals surface area contributed by atoms with Crippen LogP contribution in [0.25, 0.3) is 0 Å². The normalized spacial score (nSPS) is 18.4. The number of hydrogen-bond donors (Lipinski definition) is 1. The molecular weight excluding hydrogens is 292 g/mol. The van der Waals surface area contributed by atoms with Crippen LogP contribution in [0.5, 0.6) is 5.75 Å². The van der Waals surface area contributed by atoms with Gasteiger partial charge in [-0.3, -0.25) is 4.79 Å². The number of carbonyl (C=O) groups excluding carboxylic acids is 1. The number of ether oxygens (including phenoxy) is 1. The summed E-state index contributed by atoms with van der Waals surface area (Å²) < 4.78 is 28.5. The zero-order chi connectivity index (χ0) is 14.7. The maximum Gasteiger partial charge on any atom is 0.387 e. The molecule has 0 aliphatic carbocycles. The highest BCUT2D eigenvalue weighted by Crippen LogP contribution is 2.25. The Morgan fingerprint density at radius 1 is 1.45 bits per heavy atom. The van der Waals surface area contributed by atoms with Gasteiger partial charge < -0.3 is 14.7 Å². The Morgan fingerprint density at radius 2 is 2.20 bits per heavy atom. The van der Waals surface area contributed by atoms with Gasteiger partial charge in [-0.1, -0.05) is 6.07 Å². The number of carboxylic acids is 1. The summed E-state index contributed by atoms with van der Waals surface area (Å²) in [5, 5.41) is 9.02. The Hall–Kier alpha value is -1.83. The third kappa shape index (κ3) is 3.19. The Balaban J connectivity index is 2.18. The standard InChI is InChI=1S/C12H11F2NO4S/c13-12(14)19-8-3-1-2-7(4-8)10(16)15-6-20-5-9(15)11(17)18/h1-4,9,12H,5-6H2,(H,17,18)/t9-/m0/s1. The van der Waals surface area contributed by atoms with E-state index in [9.17, 15) is 18.4 Å². The number of nitrogens with zero attached hydrogens (tertiary/aromatic N) is 1. The lowest BCUT2D eigenvalue weighted by molar-refractivity contribution is -0.140. The van der Waals surface area contributed by atoms with Crippen molar-refractivity contribution in [1.82, 2.24) is 4.90 Å².